The highest BCUT2D eigenvalue weighted by molar-refractivity contribution is 8.93. The van der Waals surface area contributed by atoms with E-state index in [1.165, 1.54) is 15.9 Å². The van der Waals surface area contributed by atoms with Gasteiger partial charge in [0.05, 0.1) is 6.16 Å². The minimum absolute atomic E-state index is 0. The third kappa shape index (κ3) is 4.80. The molecule has 4 heteroatoms. The molecule has 0 saturated carbocycles. The van der Waals surface area contributed by atoms with Gasteiger partial charge in [0.1, 0.15) is 23.2 Å². The van der Waals surface area contributed by atoms with Gasteiger partial charge >= 0.3 is 0 Å². The standard InChI is InChI=1S/C21H23NP.2BrH/c22-17-10-18-23(19-11-4-1-5-12-19,20-13-6-2-7-14-20)21-15-8-3-9-16-21;;/h1-9,11-16H,10,17-18,22H2;2*1H/q+1;;. The smallest absolute Gasteiger partial charge is 0.112 e. The van der Waals surface area contributed by atoms with Gasteiger partial charge in [-0.2, -0.15) is 0 Å². The molecule has 0 aromatic heterocycles. The average molecular weight is 482 g/mol. The van der Waals surface area contributed by atoms with Crippen molar-refractivity contribution in [2.45, 2.75) is 6.42 Å². The molecular formula is C21H25Br2NP+. The molecule has 0 spiro atoms. The van der Waals surface area contributed by atoms with Gasteiger partial charge in [-0.15, -0.1) is 34.0 Å². The molecule has 3 aromatic carbocycles. The Morgan fingerprint density at radius 2 is 0.880 bits per heavy atom. The maximum absolute atomic E-state index is 5.89. The van der Waals surface area contributed by atoms with Crippen molar-refractivity contribution in [3.05, 3.63) is 91.0 Å². The second-order valence-electron chi connectivity index (χ2n) is 5.68. The van der Waals surface area contributed by atoms with Gasteiger partial charge in [0.15, 0.2) is 0 Å². The van der Waals surface area contributed by atoms with Gasteiger partial charge in [-0.1, -0.05) is 54.6 Å². The lowest BCUT2D eigenvalue weighted by Gasteiger charge is -2.27. The van der Waals surface area contributed by atoms with Gasteiger partial charge in [-0.3, -0.25) is 0 Å². The summed E-state index contributed by atoms with van der Waals surface area (Å²) >= 11 is 0. The lowest BCUT2D eigenvalue weighted by atomic mass is 10.4. The third-order valence-electron chi connectivity index (χ3n) is 4.29. The van der Waals surface area contributed by atoms with Crippen molar-refractivity contribution >= 4 is 57.1 Å². The first-order valence-electron chi connectivity index (χ1n) is 8.13. The van der Waals surface area contributed by atoms with E-state index in [1.807, 2.05) is 0 Å². The molecule has 0 aliphatic heterocycles. The van der Waals surface area contributed by atoms with Crippen LogP contribution in [0, 0.1) is 0 Å². The summed E-state index contributed by atoms with van der Waals surface area (Å²) in [4.78, 5) is 0. The monoisotopic (exact) mass is 480 g/mol. The minimum atomic E-state index is -1.65. The zero-order valence-corrected chi connectivity index (χ0v) is 18.4. The summed E-state index contributed by atoms with van der Waals surface area (Å²) in [6, 6.07) is 32.9. The Kier molecular flexibility index (Phi) is 9.60. The molecule has 132 valence electrons. The van der Waals surface area contributed by atoms with Crippen molar-refractivity contribution < 1.29 is 0 Å². The second kappa shape index (κ2) is 10.9. The molecule has 0 aliphatic carbocycles. The Bertz CT molecular complexity index is 624. The highest BCUT2D eigenvalue weighted by Gasteiger charge is 2.44. The molecule has 2 N–H and O–H groups in total. The minimum Gasteiger partial charge on any atom is -0.330 e. The summed E-state index contributed by atoms with van der Waals surface area (Å²) in [5.41, 5.74) is 5.89. The summed E-state index contributed by atoms with van der Waals surface area (Å²) < 4.78 is 0. The number of rotatable bonds is 6. The number of nitrogens with two attached hydrogens (primary N) is 1. The zero-order chi connectivity index (χ0) is 16.0. The molecule has 0 radical (unpaired) electrons. The Labute approximate surface area is 172 Å². The zero-order valence-electron chi connectivity index (χ0n) is 14.1. The normalized spacial score (nSPS) is 10.4. The average Bonchev–Trinajstić information content (AvgIpc) is 2.65. The van der Waals surface area contributed by atoms with Crippen molar-refractivity contribution in [2.24, 2.45) is 5.73 Å². The van der Waals surface area contributed by atoms with Crippen molar-refractivity contribution in [3.63, 3.8) is 0 Å². The molecule has 0 saturated heterocycles. The van der Waals surface area contributed by atoms with Gasteiger partial charge in [-0.25, -0.2) is 0 Å². The highest BCUT2D eigenvalue weighted by Crippen LogP contribution is 2.55. The molecule has 0 aliphatic rings. The van der Waals surface area contributed by atoms with E-state index in [-0.39, 0.29) is 34.0 Å². The van der Waals surface area contributed by atoms with Crippen LogP contribution in [-0.2, 0) is 0 Å². The summed E-state index contributed by atoms with van der Waals surface area (Å²) in [7, 11) is -1.65. The molecule has 3 rings (SSSR count). The van der Waals surface area contributed by atoms with Gasteiger partial charge in [-0.05, 0) is 49.4 Å². The molecule has 3 aromatic rings. The van der Waals surface area contributed by atoms with Crippen LogP contribution < -0.4 is 21.6 Å². The fraction of sp³-hybridized carbons (Fsp3) is 0.143. The first kappa shape index (κ1) is 22.1. The molecule has 0 unspecified atom stereocenters. The van der Waals surface area contributed by atoms with E-state index in [9.17, 15) is 0 Å². The van der Waals surface area contributed by atoms with Crippen LogP contribution in [-0.4, -0.2) is 12.7 Å². The molecule has 0 atom stereocenters. The summed E-state index contributed by atoms with van der Waals surface area (Å²) in [5.74, 6) is 0. The van der Waals surface area contributed by atoms with Gasteiger partial charge in [0.2, 0.25) is 0 Å². The van der Waals surface area contributed by atoms with Crippen LogP contribution in [0.4, 0.5) is 0 Å². The van der Waals surface area contributed by atoms with Crippen molar-refractivity contribution in [2.75, 3.05) is 12.7 Å². The van der Waals surface area contributed by atoms with E-state index in [0.717, 1.165) is 19.1 Å². The molecule has 1 nitrogen and oxygen atoms in total. The Balaban J connectivity index is 0.00000156. The second-order valence-corrected chi connectivity index (χ2v) is 9.30. The van der Waals surface area contributed by atoms with Crippen LogP contribution in [0.1, 0.15) is 6.42 Å². The van der Waals surface area contributed by atoms with Crippen LogP contribution in [0.5, 0.6) is 0 Å². The van der Waals surface area contributed by atoms with Crippen LogP contribution >= 0.6 is 41.2 Å². The molecule has 0 bridgehead atoms. The lowest BCUT2D eigenvalue weighted by Crippen LogP contribution is -2.33. The van der Waals surface area contributed by atoms with Crippen molar-refractivity contribution in [1.82, 2.24) is 0 Å². The summed E-state index contributed by atoms with van der Waals surface area (Å²) in [6.07, 6.45) is 2.15. The van der Waals surface area contributed by atoms with Gasteiger partial charge in [0, 0.05) is 0 Å². The van der Waals surface area contributed by atoms with Crippen LogP contribution in [0.2, 0.25) is 0 Å². The molecule has 25 heavy (non-hydrogen) atoms. The molecule has 0 heterocycles. The SMILES string of the molecule is Br.Br.NCCC[P+](c1ccccc1)(c1ccccc1)c1ccccc1. The quantitative estimate of drug-likeness (QED) is 0.516. The Morgan fingerprint density at radius 3 is 1.16 bits per heavy atom. The number of hydrogen-bond acceptors (Lipinski definition) is 1. The Morgan fingerprint density at radius 1 is 0.560 bits per heavy atom. The lowest BCUT2D eigenvalue weighted by molar-refractivity contribution is 0.938. The number of hydrogen-bond donors (Lipinski definition) is 1. The van der Waals surface area contributed by atoms with Gasteiger partial charge in [0.25, 0.3) is 0 Å². The topological polar surface area (TPSA) is 26.0 Å². The predicted octanol–water partition coefficient (Wildman–Crippen LogP) is 4.49. The molecule has 0 amide bonds. The number of benzene rings is 3. The number of halogens is 2. The third-order valence-corrected chi connectivity index (χ3v) is 8.81. The maximum Gasteiger partial charge on any atom is 0.112 e. The van der Waals surface area contributed by atoms with Crippen LogP contribution in [0.15, 0.2) is 91.0 Å². The van der Waals surface area contributed by atoms with E-state index in [2.05, 4.69) is 91.0 Å². The van der Waals surface area contributed by atoms with Crippen molar-refractivity contribution in [1.29, 1.82) is 0 Å². The molecule has 0 fully saturated rings. The summed E-state index contributed by atoms with van der Waals surface area (Å²) in [6.45, 7) is 0.730. The molecular weight excluding hydrogens is 457 g/mol. The van der Waals surface area contributed by atoms with E-state index in [1.54, 1.807) is 0 Å². The van der Waals surface area contributed by atoms with E-state index >= 15 is 0 Å². The van der Waals surface area contributed by atoms with Crippen LogP contribution in [0.3, 0.4) is 0 Å². The van der Waals surface area contributed by atoms with Gasteiger partial charge < -0.3 is 5.73 Å². The highest BCUT2D eigenvalue weighted by atomic mass is 79.9. The van der Waals surface area contributed by atoms with Crippen LogP contribution in [0.25, 0.3) is 0 Å². The Hall–Kier alpha value is -0.990. The predicted molar refractivity (Wildman–Crippen MR) is 124 cm³/mol. The first-order chi connectivity index (χ1) is 11.4. The van der Waals surface area contributed by atoms with Crippen molar-refractivity contribution in [3.8, 4) is 0 Å². The van der Waals surface area contributed by atoms with E-state index < -0.39 is 7.26 Å². The maximum atomic E-state index is 5.89. The first-order valence-corrected chi connectivity index (χ1v) is 10.1. The fourth-order valence-electron chi connectivity index (χ4n) is 3.21. The van der Waals surface area contributed by atoms with E-state index in [4.69, 9.17) is 5.73 Å². The summed E-state index contributed by atoms with van der Waals surface area (Å²) in [5, 5.41) is 4.31. The van der Waals surface area contributed by atoms with E-state index in [0.29, 0.717) is 0 Å². The largest absolute Gasteiger partial charge is 0.330 e. The fourth-order valence-corrected chi connectivity index (χ4v) is 7.58.